The highest BCUT2D eigenvalue weighted by Gasteiger charge is 2.29. The minimum Gasteiger partial charge on any atom is -0.447 e. The fraction of sp³-hybridized carbons (Fsp3) is 0.438. The molecule has 12 aromatic rings. The molecule has 0 aliphatic carbocycles. The minimum atomic E-state index is -3.20. The number of nitrogens with zero attached hydrogens (tertiary/aromatic N) is 6. The number of hydrogen-bond donors (Lipinski definition) is 12. The fourth-order valence-corrected chi connectivity index (χ4v) is 14.3. The maximum absolute atomic E-state index is 11.4. The molecule has 12 N–H and O–H groups in total. The van der Waals surface area contributed by atoms with Gasteiger partial charge in [0, 0.05) is 183 Å². The van der Waals surface area contributed by atoms with Gasteiger partial charge in [0.1, 0.15) is 39.6 Å². The number of carbonyl (C=O) groups is 6. The minimum absolute atomic E-state index is 0.0284. The molecule has 30 heteroatoms. The van der Waals surface area contributed by atoms with E-state index in [1.54, 1.807) is 104 Å². The van der Waals surface area contributed by atoms with Crippen LogP contribution >= 0.6 is 0 Å². The lowest BCUT2D eigenvalue weighted by Crippen LogP contribution is -2.28. The van der Waals surface area contributed by atoms with Crippen molar-refractivity contribution in [3.05, 3.63) is 213 Å². The molecule has 6 aliphatic rings. The predicted octanol–water partition coefficient (Wildman–Crippen LogP) is 11.5. The number of rotatable bonds is 30. The number of cyclic esters (lactones) is 6. The summed E-state index contributed by atoms with van der Waals surface area (Å²) >= 11 is 0. The summed E-state index contributed by atoms with van der Waals surface area (Å²) in [6.45, 7) is -24.3. The van der Waals surface area contributed by atoms with Crippen LogP contribution in [0.25, 0.3) is 65.4 Å². The maximum atomic E-state index is 11.4. The second-order valence-electron chi connectivity index (χ2n) is 30.9. The van der Waals surface area contributed by atoms with Crippen LogP contribution in [0.1, 0.15) is 108 Å². The number of alkyl carbamates (subject to hydrolysis) is 6. The van der Waals surface area contributed by atoms with Crippen LogP contribution in [0.5, 0.6) is 0 Å². The third kappa shape index (κ3) is 26.5. The maximum Gasteiger partial charge on any atom is 0.407 e. The number of likely N-dealkylation sites (N-methyl/N-ethyl adjacent to an activating group) is 6. The number of fused-ring (bicyclic) bond motifs is 6. The Morgan fingerprint density at radius 2 is 0.500 bits per heavy atom. The first-order valence-electron chi connectivity index (χ1n) is 60.6. The van der Waals surface area contributed by atoms with Gasteiger partial charge in [0.2, 0.25) is 0 Å². The largest absolute Gasteiger partial charge is 0.447 e. The smallest absolute Gasteiger partial charge is 0.407 e. The normalized spacial score (nSPS) is 24.9. The lowest BCUT2D eigenvalue weighted by molar-refractivity contribution is 0.176. The van der Waals surface area contributed by atoms with E-state index in [0.29, 0.717) is 113 Å². The first-order chi connectivity index (χ1) is 77.4. The standard InChI is InChI=1S/6C16H21N3O2/c6*1-19(2)6-5-12-9-17-15-4-3-11(8-14(12)15)7-13-10-21-16(20)18-13/h6*3-4,8-9,13,17H,5-7,10H2,1-2H3,(H,18,20)/t6*13-/m000000/s1/i1D3,2D3,6D2;1D3,2D3,5D2;1D3,6D2;1D3,5D2;6D2;5D2/hD12. The van der Waals surface area contributed by atoms with Crippen molar-refractivity contribution in [2.24, 2.45) is 0 Å². The Morgan fingerprint density at radius 1 is 0.286 bits per heavy atom. The summed E-state index contributed by atoms with van der Waals surface area (Å²) in [6, 6.07) is 28.8. The van der Waals surface area contributed by atoms with Crippen molar-refractivity contribution < 1.29 is 115 Å². The number of aromatic amines is 6. The fourth-order valence-electron chi connectivity index (χ4n) is 14.3. The molecule has 6 aromatic heterocycles. The number of nitrogens with one attached hydrogen (secondary N) is 12. The molecule has 12 heterocycles. The number of carbonyl (C=O) groups excluding carboxylic acids is 6. The lowest BCUT2D eigenvalue weighted by Gasteiger charge is -2.09. The molecular formula is C96H126N18O12. The van der Waals surface area contributed by atoms with Crippen molar-refractivity contribution in [3.8, 4) is 0 Å². The quantitative estimate of drug-likeness (QED) is 0.0186. The predicted molar refractivity (Wildman–Crippen MR) is 495 cm³/mol. The van der Waals surface area contributed by atoms with Crippen LogP contribution in [0.3, 0.4) is 0 Å². The molecule has 6 amide bonds. The average Bonchev–Trinajstić information content (AvgIpc) is 1.53. The molecule has 126 heavy (non-hydrogen) atoms. The molecule has 30 nitrogen and oxygen atoms in total. The molecule has 6 aliphatic heterocycles. The van der Waals surface area contributed by atoms with Gasteiger partial charge in [-0.1, -0.05) is 36.4 Å². The summed E-state index contributed by atoms with van der Waals surface area (Å²) in [5.74, 6) is 0. The van der Waals surface area contributed by atoms with Crippen molar-refractivity contribution in [3.63, 3.8) is 0 Å². The van der Waals surface area contributed by atoms with Crippen LogP contribution < -0.4 is 31.9 Å². The van der Waals surface area contributed by atoms with Crippen molar-refractivity contribution >= 4 is 102 Å². The molecular weight excluding hydrogens is 1600 g/mol. The Hall–Kier alpha value is -12.1. The molecule has 0 unspecified atom stereocenters. The Bertz CT molecular complexity index is 7610. The molecule has 672 valence electrons. The SMILES string of the molecule is [2H]N1C(=O)OC[C@@H]1Cc1ccc2c(c1)c(C([2H])([2H])CN(C([2H])([2H])[2H])C([2H])([2H])[2H])cn2[2H].[2H]N1C(=O)OC[C@@H]1Cc1ccc2c(c1)c(C([2H])([2H])CN(C)C([2H])([2H])[2H])cn2[2H].[2H]N1C(=O)OC[C@@H]1Cc1ccc2c(c1)c(C([2H])([2H])CN(C)C)cn2[2H].[2H]N1C(=O)OC[C@@H]1Cc1ccc2c(c1)c(CC([2H])([2H])N(C([2H])([2H])[2H])C([2H])([2H])[2H])cn2[2H].[2H]N1C(=O)OC[C@@H]1Cc1ccc2c(c1)c(CC([2H])([2H])N(C)C([2H])([2H])[2H])cn2[2H].[2H]N1C(=O)OC[C@@H]1Cc1ccc2c(c1)c(CC([2H])([2H])N(C)C)cn2[2H]. The summed E-state index contributed by atoms with van der Waals surface area (Å²) in [7, 11) is 9.52. The van der Waals surface area contributed by atoms with Gasteiger partial charge in [-0.2, -0.15) is 0 Å². The Kier molecular flexibility index (Phi) is 17.9. The van der Waals surface area contributed by atoms with Crippen molar-refractivity contribution in [1.29, 1.82) is 0 Å². The van der Waals surface area contributed by atoms with E-state index in [4.69, 9.17) is 86.5 Å². The number of aromatic nitrogens is 6. The molecule has 0 radical (unpaired) electrons. The third-order valence-electron chi connectivity index (χ3n) is 20.3. The van der Waals surface area contributed by atoms with Gasteiger partial charge >= 0.3 is 36.6 Å². The molecule has 0 bridgehead atoms. The molecule has 18 rings (SSSR count). The zero-order valence-electron chi connectivity index (χ0n) is 112. The number of ether oxygens (including phenoxy) is 6. The van der Waals surface area contributed by atoms with Crippen molar-refractivity contribution in [2.75, 3.05) is 163 Å². The van der Waals surface area contributed by atoms with Crippen molar-refractivity contribution in [1.82, 2.24) is 91.1 Å². The van der Waals surface area contributed by atoms with E-state index < -0.39 is 154 Å². The van der Waals surface area contributed by atoms with Gasteiger partial charge < -0.3 is 120 Å². The topological polar surface area (TPSA) is 344 Å². The number of hydrogen-bond acceptors (Lipinski definition) is 18. The highest BCUT2D eigenvalue weighted by molar-refractivity contribution is 5.88. The van der Waals surface area contributed by atoms with E-state index >= 15 is 0 Å². The van der Waals surface area contributed by atoms with Crippen LogP contribution in [0.2, 0.25) is 16.9 Å². The van der Waals surface area contributed by atoms with E-state index in [0.717, 1.165) is 89.9 Å². The van der Waals surface area contributed by atoms with E-state index in [1.807, 2.05) is 44.4 Å². The van der Waals surface area contributed by atoms with Crippen LogP contribution in [-0.2, 0) is 105 Å². The summed E-state index contributed by atoms with van der Waals surface area (Å²) in [5, 5.41) is 8.14. The first-order valence-corrected chi connectivity index (χ1v) is 40.2. The van der Waals surface area contributed by atoms with Gasteiger partial charge in [-0.3, -0.25) is 0 Å². The number of benzene rings is 6. The Labute approximate surface area is 796 Å². The summed E-state index contributed by atoms with van der Waals surface area (Å²) in [4.78, 5) is 79.6. The molecule has 6 saturated heterocycles. The monoisotopic (exact) mass is 1770 g/mol. The molecule has 6 aromatic carbocycles. The summed E-state index contributed by atoms with van der Waals surface area (Å²) in [5.41, 5.74) is 10.1. The van der Waals surface area contributed by atoms with Gasteiger partial charge in [0.25, 0.3) is 0 Å². The third-order valence-corrected chi connectivity index (χ3v) is 20.3. The zero-order chi connectivity index (χ0) is 125. The average molecular weight is 1770 g/mol. The van der Waals surface area contributed by atoms with Crippen LogP contribution in [0, 0.1) is 0 Å². The van der Waals surface area contributed by atoms with E-state index in [2.05, 4.69) is 0 Å². The molecule has 6 atom stereocenters. The van der Waals surface area contributed by atoms with Crippen molar-refractivity contribution in [2.45, 2.75) is 113 Å². The highest BCUT2D eigenvalue weighted by Crippen LogP contribution is 2.29. The highest BCUT2D eigenvalue weighted by atomic mass is 16.6. The Morgan fingerprint density at radius 3 is 0.722 bits per heavy atom. The van der Waals surface area contributed by atoms with Crippen LogP contribution in [0.4, 0.5) is 28.8 Å². The van der Waals surface area contributed by atoms with Gasteiger partial charge in [0.15, 0.2) is 16.9 Å². The van der Waals surface area contributed by atoms with Gasteiger partial charge in [0.05, 0.1) is 36.3 Å². The van der Waals surface area contributed by atoms with E-state index in [9.17, 15) is 28.8 Å². The van der Waals surface area contributed by atoms with E-state index in [-0.39, 0.29) is 117 Å². The van der Waals surface area contributed by atoms with Gasteiger partial charge in [-0.25, -0.2) is 28.8 Å². The number of H-pyrrole nitrogens is 6. The summed E-state index contributed by atoms with van der Waals surface area (Å²) < 4.78 is 357. The second-order valence-corrected chi connectivity index (χ2v) is 30.9. The molecule has 0 saturated carbocycles. The first kappa shape index (κ1) is 51.5. The van der Waals surface area contributed by atoms with Crippen LogP contribution in [0.15, 0.2) is 146 Å². The Balaban J connectivity index is 0.000000166. The number of amides is 6. The van der Waals surface area contributed by atoms with Gasteiger partial charge in [-0.15, -0.1) is 0 Å². The van der Waals surface area contributed by atoms with E-state index in [1.165, 1.54) is 59.9 Å². The zero-order valence-corrected chi connectivity index (χ0v) is 70.0. The summed E-state index contributed by atoms with van der Waals surface area (Å²) in [6.07, 6.45) is -0.116. The van der Waals surface area contributed by atoms with Crippen LogP contribution in [-0.4, -0.2) is 295 Å². The number of aryl methyl sites for hydroxylation is 3. The molecule has 6 fully saturated rings. The lowest BCUT2D eigenvalue weighted by atomic mass is 10.0. The molecule has 0 spiro atoms. The van der Waals surface area contributed by atoms with Gasteiger partial charge in [-0.05, 0) is 301 Å². The second kappa shape index (κ2) is 43.7.